The molecular weight excluding hydrogens is 935 g/mol. The highest BCUT2D eigenvalue weighted by Crippen LogP contribution is 2.70. The van der Waals surface area contributed by atoms with Gasteiger partial charge in [0.05, 0.1) is 11.4 Å². The maximum atomic E-state index is 16.9. The number of nitrogens with one attached hydrogen (secondary N) is 1. The van der Waals surface area contributed by atoms with Crippen molar-refractivity contribution in [3.63, 3.8) is 0 Å². The van der Waals surface area contributed by atoms with Crippen LogP contribution in [0.3, 0.4) is 0 Å². The summed E-state index contributed by atoms with van der Waals surface area (Å²) in [5.41, 5.74) is 1.65. The fourth-order valence-electron chi connectivity index (χ4n) is 17.6. The first-order chi connectivity index (χ1) is 35.2. The van der Waals surface area contributed by atoms with E-state index in [-0.39, 0.29) is 70.3 Å². The van der Waals surface area contributed by atoms with Crippen molar-refractivity contribution in [2.75, 3.05) is 17.3 Å². The molecule has 2 aromatic rings. The average molecular weight is 1020 g/mol. The second-order valence-corrected chi connectivity index (χ2v) is 28.1. The van der Waals surface area contributed by atoms with Crippen LogP contribution >= 0.6 is 0 Å². The summed E-state index contributed by atoms with van der Waals surface area (Å²) < 4.78 is 32.8. The summed E-state index contributed by atoms with van der Waals surface area (Å²) in [6.07, 6.45) is 16.5. The summed E-state index contributed by atoms with van der Waals surface area (Å²) in [5, 5.41) is 28.8. The third kappa shape index (κ3) is 9.70. The molecule has 3 N–H and O–H groups in total. The Morgan fingerprint density at radius 2 is 1.17 bits per heavy atom. The number of carbonyl (C=O) groups excluding carboxylic acids is 2. The molecule has 0 bridgehead atoms. The van der Waals surface area contributed by atoms with Gasteiger partial charge in [-0.25, -0.2) is 8.78 Å². The molecule has 0 saturated heterocycles. The van der Waals surface area contributed by atoms with Crippen molar-refractivity contribution in [2.45, 2.75) is 207 Å². The molecule has 8 heteroatoms. The van der Waals surface area contributed by atoms with E-state index in [0.717, 1.165) is 81.8 Å². The van der Waals surface area contributed by atoms with Gasteiger partial charge in [0, 0.05) is 53.6 Å². The van der Waals surface area contributed by atoms with Crippen molar-refractivity contribution in [1.82, 2.24) is 0 Å². The first-order valence-electron chi connectivity index (χ1n) is 29.3. The van der Waals surface area contributed by atoms with Gasteiger partial charge in [0.25, 0.3) is 0 Å². The third-order valence-corrected chi connectivity index (χ3v) is 21.7. The highest BCUT2D eigenvalue weighted by atomic mass is 19.1. The number of anilines is 2. The van der Waals surface area contributed by atoms with Gasteiger partial charge in [-0.2, -0.15) is 0 Å². The molecule has 75 heavy (non-hydrogen) atoms. The molecule has 6 nitrogen and oxygen atoms in total. The minimum absolute atomic E-state index is 0.00111. The van der Waals surface area contributed by atoms with Crippen LogP contribution in [-0.2, 0) is 9.59 Å². The van der Waals surface area contributed by atoms with E-state index in [9.17, 15) is 19.8 Å². The van der Waals surface area contributed by atoms with Crippen LogP contribution in [-0.4, -0.2) is 52.1 Å². The first-order valence-corrected chi connectivity index (χ1v) is 29.3. The lowest BCUT2D eigenvalue weighted by molar-refractivity contribution is -0.118. The molecular formula is C67H88F2N2O4. The Hall–Kier alpha value is -4.24. The highest BCUT2D eigenvalue weighted by molar-refractivity contribution is 5.92. The van der Waals surface area contributed by atoms with Gasteiger partial charge in [-0.05, 0) is 252 Å². The van der Waals surface area contributed by atoms with Crippen molar-refractivity contribution in [1.29, 1.82) is 0 Å². The van der Waals surface area contributed by atoms with E-state index in [1.807, 2.05) is 45.2 Å². The quantitative estimate of drug-likeness (QED) is 0.217. The molecule has 0 heterocycles. The van der Waals surface area contributed by atoms with Crippen LogP contribution in [0.4, 0.5) is 20.2 Å². The number of allylic oxidation sites excluding steroid dienone is 2. The lowest BCUT2D eigenvalue weighted by atomic mass is 9.46. The van der Waals surface area contributed by atoms with Gasteiger partial charge in [0.2, 0.25) is 0 Å². The monoisotopic (exact) mass is 1020 g/mol. The molecule has 404 valence electrons. The number of aliphatic hydroxyl groups is 2. The molecule has 8 aliphatic carbocycles. The van der Waals surface area contributed by atoms with Crippen molar-refractivity contribution < 1.29 is 28.6 Å². The van der Waals surface area contributed by atoms with Gasteiger partial charge < -0.3 is 20.4 Å². The Labute approximate surface area is 449 Å². The Morgan fingerprint density at radius 1 is 0.680 bits per heavy atom. The zero-order valence-electron chi connectivity index (χ0n) is 47.3. The fraction of sp³-hybridized carbons (Fsp3) is 0.672. The topological polar surface area (TPSA) is 89.9 Å². The number of hydrogen-bond acceptors (Lipinski definition) is 6. The van der Waals surface area contributed by atoms with Gasteiger partial charge in [-0.1, -0.05) is 60.8 Å². The summed E-state index contributed by atoms with van der Waals surface area (Å²) in [6.45, 7) is 21.3. The maximum absolute atomic E-state index is 16.9. The Balaban J connectivity index is 0.867. The number of rotatable bonds is 9. The standard InChI is InChI=1S/C67H88F2N2O4/c1-40(2)70-58-22-14-44(36-56(58)68)52-38-65(10)55(51-19-13-42-34-46(72)16-20-48(42)60(51)52)26-29-67(65,75)33-31-63(7,8)27-24-41(3)71(11)59-23-15-45(37-57(59)69)53-39-64(9)54(25-28-66(64,74)32-30-62(4,5)6)50-18-12-43-35-47(73)17-21-49(43)61(50)53/h14-15,22-23,34-37,40-41,48-55,60-61,70,74-75H,12-13,16-21,24-29,38-39H2,1-11H3/t41?,48-,49-,50-,51-,52+,53+,54-,55-,60+,61+,64-,65-,66+,67+/m0/s1. The number of halogens is 2. The molecule has 15 atom stereocenters. The number of fused-ring (bicyclic) bond motifs is 10. The molecule has 0 aromatic heterocycles. The third-order valence-electron chi connectivity index (χ3n) is 21.7. The molecule has 8 aliphatic rings. The summed E-state index contributed by atoms with van der Waals surface area (Å²) in [5.74, 6) is 16.5. The average Bonchev–Trinajstić information content (AvgIpc) is 3.78. The van der Waals surface area contributed by atoms with Crippen LogP contribution in [0.1, 0.15) is 195 Å². The maximum Gasteiger partial charge on any atom is 0.155 e. The number of carbonyl (C=O) groups is 2. The van der Waals surface area contributed by atoms with Crippen molar-refractivity contribution >= 4 is 22.9 Å². The Kier molecular flexibility index (Phi) is 14.1. The van der Waals surface area contributed by atoms with E-state index in [4.69, 9.17) is 0 Å². The molecule has 10 rings (SSSR count). The molecule has 6 saturated carbocycles. The molecule has 0 aliphatic heterocycles. The van der Waals surface area contributed by atoms with Crippen LogP contribution in [0, 0.1) is 104 Å². The molecule has 6 fully saturated rings. The van der Waals surface area contributed by atoms with Crippen LogP contribution in [0.25, 0.3) is 0 Å². The zero-order chi connectivity index (χ0) is 53.8. The number of ketones is 2. The van der Waals surface area contributed by atoms with E-state index in [2.05, 4.69) is 101 Å². The minimum Gasteiger partial charge on any atom is -0.381 e. The van der Waals surface area contributed by atoms with Gasteiger partial charge in [-0.15, -0.1) is 0 Å². The van der Waals surface area contributed by atoms with Crippen molar-refractivity contribution in [3.8, 4) is 23.7 Å². The summed E-state index contributed by atoms with van der Waals surface area (Å²) in [6, 6.07) is 11.7. The second-order valence-electron chi connectivity index (χ2n) is 28.1. The largest absolute Gasteiger partial charge is 0.381 e. The Morgan fingerprint density at radius 3 is 1.65 bits per heavy atom. The van der Waals surface area contributed by atoms with Crippen LogP contribution < -0.4 is 10.2 Å². The number of nitrogens with zero attached hydrogens (tertiary/aromatic N) is 1. The van der Waals surface area contributed by atoms with Gasteiger partial charge in [-0.3, -0.25) is 9.59 Å². The molecule has 0 spiro atoms. The summed E-state index contributed by atoms with van der Waals surface area (Å²) >= 11 is 0. The predicted molar refractivity (Wildman–Crippen MR) is 298 cm³/mol. The fourth-order valence-corrected chi connectivity index (χ4v) is 17.6. The number of hydrogen-bond donors (Lipinski definition) is 3. The Bertz CT molecular complexity index is 2780. The van der Waals surface area contributed by atoms with Crippen molar-refractivity contribution in [3.05, 3.63) is 82.5 Å². The normalized spacial score (nSPS) is 37.4. The SMILES string of the molecule is CC(C)Nc1ccc([C@H]2C[C@@]3(C)[C@@H](CC[C@@]3(O)C#CC(C)(C)CCC(C)N(C)c3ccc([C@H]4C[C@@]5(C)[C@@H](CC[C@@]5(O)C#CC(C)(C)C)[C@@H]5CCC6=CC(=O)CC[C@@H]6[C@H]54)cc3F)[C@@H]3CCC4=CC(=O)CC[C@@H]4[C@H]32)cc1F. The number of benzene rings is 2. The molecule has 0 radical (unpaired) electrons. The van der Waals surface area contributed by atoms with E-state index in [1.54, 1.807) is 12.1 Å². The van der Waals surface area contributed by atoms with Crippen LogP contribution in [0.2, 0.25) is 0 Å². The second kappa shape index (κ2) is 19.6. The van der Waals surface area contributed by atoms with Crippen LogP contribution in [0.15, 0.2) is 59.7 Å². The summed E-state index contributed by atoms with van der Waals surface area (Å²) in [4.78, 5) is 27.4. The van der Waals surface area contributed by atoms with E-state index < -0.39 is 27.4 Å². The summed E-state index contributed by atoms with van der Waals surface area (Å²) in [7, 11) is 1.98. The van der Waals surface area contributed by atoms with Gasteiger partial charge >= 0.3 is 0 Å². The van der Waals surface area contributed by atoms with Crippen molar-refractivity contribution in [2.24, 2.45) is 69.0 Å². The van der Waals surface area contributed by atoms with Crippen LogP contribution in [0.5, 0.6) is 0 Å². The zero-order valence-corrected chi connectivity index (χ0v) is 47.3. The highest BCUT2D eigenvalue weighted by Gasteiger charge is 2.66. The molecule has 1 unspecified atom stereocenters. The first kappa shape index (κ1) is 54.1. The van der Waals surface area contributed by atoms with Gasteiger partial charge in [0.15, 0.2) is 11.6 Å². The van der Waals surface area contributed by atoms with E-state index in [1.165, 1.54) is 11.1 Å². The molecule has 2 aromatic carbocycles. The van der Waals surface area contributed by atoms with Gasteiger partial charge in [0.1, 0.15) is 22.8 Å². The van der Waals surface area contributed by atoms with E-state index >= 15 is 8.78 Å². The molecule has 0 amide bonds. The minimum atomic E-state index is -1.21. The predicted octanol–water partition coefficient (Wildman–Crippen LogP) is 14.3. The lowest BCUT2D eigenvalue weighted by Crippen LogP contribution is -2.54. The smallest absolute Gasteiger partial charge is 0.155 e. The van der Waals surface area contributed by atoms with E-state index in [0.29, 0.717) is 73.1 Å². The lowest BCUT2D eigenvalue weighted by Gasteiger charge is -2.58.